The van der Waals surface area contributed by atoms with Gasteiger partial charge in [0, 0.05) is 12.2 Å². The summed E-state index contributed by atoms with van der Waals surface area (Å²) in [6.07, 6.45) is 1.80. The predicted molar refractivity (Wildman–Crippen MR) is 79.6 cm³/mol. The lowest BCUT2D eigenvalue weighted by Gasteiger charge is -2.29. The second-order valence-corrected chi connectivity index (χ2v) is 6.01. The number of hydrogen-bond acceptors (Lipinski definition) is 2. The van der Waals surface area contributed by atoms with Crippen molar-refractivity contribution >= 4 is 5.78 Å². The van der Waals surface area contributed by atoms with Crippen molar-refractivity contribution < 1.29 is 9.53 Å². The molecule has 0 N–H and O–H groups in total. The smallest absolute Gasteiger partial charge is 0.192 e. The Morgan fingerprint density at radius 1 is 1.16 bits per heavy atom. The van der Waals surface area contributed by atoms with Gasteiger partial charge < -0.3 is 4.74 Å². The maximum atomic E-state index is 12.5. The van der Waals surface area contributed by atoms with Gasteiger partial charge in [-0.05, 0) is 24.3 Å². The predicted octanol–water partition coefficient (Wildman–Crippen LogP) is 4.27. The molecule has 0 radical (unpaired) electrons. The maximum Gasteiger partial charge on any atom is 0.192 e. The molecule has 0 aliphatic rings. The third-order valence-corrected chi connectivity index (χ3v) is 3.14. The van der Waals surface area contributed by atoms with E-state index in [0.29, 0.717) is 6.61 Å². The van der Waals surface area contributed by atoms with Gasteiger partial charge in [-0.25, -0.2) is 0 Å². The minimum Gasteiger partial charge on any atom is -0.370 e. The molecule has 0 saturated heterocycles. The van der Waals surface area contributed by atoms with Crippen LogP contribution in [-0.4, -0.2) is 18.5 Å². The Morgan fingerprint density at radius 2 is 1.74 bits per heavy atom. The van der Waals surface area contributed by atoms with E-state index in [1.54, 1.807) is 0 Å². The highest BCUT2D eigenvalue weighted by Crippen LogP contribution is 2.25. The van der Waals surface area contributed by atoms with E-state index < -0.39 is 0 Å². The lowest BCUT2D eigenvalue weighted by atomic mass is 9.84. The Morgan fingerprint density at radius 3 is 2.16 bits per heavy atom. The standard InChI is InChI=1S/C17H26O2/c1-6-8-13-9-11-14(12-10-13)15(18)16(19-7-2)17(3,4)5/h9-12,16H,6-8H2,1-5H3. The minimum absolute atomic E-state index is 0.0809. The minimum atomic E-state index is -0.380. The summed E-state index contributed by atoms with van der Waals surface area (Å²) in [5.41, 5.74) is 1.84. The van der Waals surface area contributed by atoms with Crippen molar-refractivity contribution in [3.63, 3.8) is 0 Å². The van der Waals surface area contributed by atoms with Crippen LogP contribution in [0.2, 0.25) is 0 Å². The normalized spacial score (nSPS) is 13.3. The number of ketones is 1. The molecule has 1 rings (SSSR count). The number of carbonyl (C=O) groups is 1. The van der Waals surface area contributed by atoms with E-state index in [1.165, 1.54) is 5.56 Å². The highest BCUT2D eigenvalue weighted by Gasteiger charge is 2.32. The molecule has 1 unspecified atom stereocenters. The molecule has 0 bridgehead atoms. The van der Waals surface area contributed by atoms with Crippen LogP contribution in [0.15, 0.2) is 24.3 Å². The quantitative estimate of drug-likeness (QED) is 0.715. The van der Waals surface area contributed by atoms with Crippen molar-refractivity contribution in [1.82, 2.24) is 0 Å². The number of carbonyl (C=O) groups excluding carboxylic acids is 1. The molecular weight excluding hydrogens is 236 g/mol. The molecule has 19 heavy (non-hydrogen) atoms. The van der Waals surface area contributed by atoms with Crippen LogP contribution >= 0.6 is 0 Å². The van der Waals surface area contributed by atoms with E-state index in [1.807, 2.05) is 52.0 Å². The maximum absolute atomic E-state index is 12.5. The number of benzene rings is 1. The average molecular weight is 262 g/mol. The van der Waals surface area contributed by atoms with Crippen LogP contribution in [-0.2, 0) is 11.2 Å². The first-order chi connectivity index (χ1) is 8.90. The Hall–Kier alpha value is -1.15. The summed E-state index contributed by atoms with van der Waals surface area (Å²) in [6, 6.07) is 7.93. The highest BCUT2D eigenvalue weighted by atomic mass is 16.5. The van der Waals surface area contributed by atoms with Crippen LogP contribution in [0, 0.1) is 5.41 Å². The van der Waals surface area contributed by atoms with Crippen molar-refractivity contribution in [3.05, 3.63) is 35.4 Å². The molecule has 2 nitrogen and oxygen atoms in total. The number of rotatable bonds is 6. The molecule has 106 valence electrons. The molecule has 1 aromatic carbocycles. The fourth-order valence-electron chi connectivity index (χ4n) is 2.16. The van der Waals surface area contributed by atoms with E-state index in [2.05, 4.69) is 6.92 Å². The van der Waals surface area contributed by atoms with Crippen molar-refractivity contribution in [2.45, 2.75) is 53.6 Å². The van der Waals surface area contributed by atoms with Gasteiger partial charge in [0.05, 0.1) is 0 Å². The van der Waals surface area contributed by atoms with Crippen molar-refractivity contribution in [1.29, 1.82) is 0 Å². The monoisotopic (exact) mass is 262 g/mol. The number of ether oxygens (including phenoxy) is 1. The van der Waals surface area contributed by atoms with Crippen molar-refractivity contribution in [3.8, 4) is 0 Å². The molecule has 0 aliphatic carbocycles. The largest absolute Gasteiger partial charge is 0.370 e. The van der Waals surface area contributed by atoms with Crippen LogP contribution in [0.25, 0.3) is 0 Å². The van der Waals surface area contributed by atoms with Gasteiger partial charge in [-0.1, -0.05) is 58.4 Å². The summed E-state index contributed by atoms with van der Waals surface area (Å²) in [5.74, 6) is 0.0809. The average Bonchev–Trinajstić information content (AvgIpc) is 2.35. The third-order valence-electron chi connectivity index (χ3n) is 3.14. The molecule has 0 amide bonds. The molecule has 1 aromatic rings. The van der Waals surface area contributed by atoms with E-state index in [-0.39, 0.29) is 17.3 Å². The van der Waals surface area contributed by atoms with Gasteiger partial charge in [0.25, 0.3) is 0 Å². The van der Waals surface area contributed by atoms with Crippen molar-refractivity contribution in [2.24, 2.45) is 5.41 Å². The first-order valence-corrected chi connectivity index (χ1v) is 7.14. The molecule has 2 heteroatoms. The van der Waals surface area contributed by atoms with Gasteiger partial charge in [0.2, 0.25) is 0 Å². The van der Waals surface area contributed by atoms with Gasteiger partial charge >= 0.3 is 0 Å². The number of aryl methyl sites for hydroxylation is 1. The highest BCUT2D eigenvalue weighted by molar-refractivity contribution is 6.00. The summed E-state index contributed by atoms with van der Waals surface area (Å²) in [7, 11) is 0. The molecule has 0 spiro atoms. The first kappa shape index (κ1) is 15.9. The SMILES string of the molecule is CCCc1ccc(C(=O)C(OCC)C(C)(C)C)cc1. The summed E-state index contributed by atoms with van der Waals surface area (Å²) in [4.78, 5) is 12.5. The van der Waals surface area contributed by atoms with Crippen LogP contribution in [0.5, 0.6) is 0 Å². The Balaban J connectivity index is 2.90. The summed E-state index contributed by atoms with van der Waals surface area (Å²) in [6.45, 7) is 10.8. The molecule has 0 saturated carbocycles. The van der Waals surface area contributed by atoms with Gasteiger partial charge in [0.1, 0.15) is 6.10 Å². The zero-order valence-electron chi connectivity index (χ0n) is 12.8. The zero-order valence-corrected chi connectivity index (χ0v) is 12.8. The molecule has 0 aromatic heterocycles. The molecular formula is C17H26O2. The molecule has 0 fully saturated rings. The fraction of sp³-hybridized carbons (Fsp3) is 0.588. The second kappa shape index (κ2) is 6.85. The summed E-state index contributed by atoms with van der Waals surface area (Å²) in [5, 5.41) is 0. The third kappa shape index (κ3) is 4.46. The van der Waals surface area contributed by atoms with Crippen LogP contribution < -0.4 is 0 Å². The van der Waals surface area contributed by atoms with Gasteiger partial charge in [-0.15, -0.1) is 0 Å². The van der Waals surface area contributed by atoms with E-state index in [9.17, 15) is 4.79 Å². The van der Waals surface area contributed by atoms with Crippen LogP contribution in [0.3, 0.4) is 0 Å². The van der Waals surface area contributed by atoms with Crippen molar-refractivity contribution in [2.75, 3.05) is 6.61 Å². The lowest BCUT2D eigenvalue weighted by Crippen LogP contribution is -2.37. The van der Waals surface area contributed by atoms with Gasteiger partial charge in [-0.2, -0.15) is 0 Å². The second-order valence-electron chi connectivity index (χ2n) is 6.01. The van der Waals surface area contributed by atoms with Gasteiger partial charge in [-0.3, -0.25) is 4.79 Å². The van der Waals surface area contributed by atoms with E-state index >= 15 is 0 Å². The first-order valence-electron chi connectivity index (χ1n) is 7.14. The number of hydrogen-bond donors (Lipinski definition) is 0. The summed E-state index contributed by atoms with van der Waals surface area (Å²) < 4.78 is 5.65. The zero-order chi connectivity index (χ0) is 14.5. The topological polar surface area (TPSA) is 26.3 Å². The molecule has 1 atom stereocenters. The molecule has 0 aliphatic heterocycles. The Kier molecular flexibility index (Phi) is 5.74. The van der Waals surface area contributed by atoms with E-state index in [0.717, 1.165) is 18.4 Å². The van der Waals surface area contributed by atoms with E-state index in [4.69, 9.17) is 4.74 Å². The lowest BCUT2D eigenvalue weighted by molar-refractivity contribution is -0.000219. The Labute approximate surface area is 117 Å². The van der Waals surface area contributed by atoms with Crippen LogP contribution in [0.1, 0.15) is 57.0 Å². The summed E-state index contributed by atoms with van der Waals surface area (Å²) >= 11 is 0. The Bertz CT molecular complexity index is 398. The fourth-order valence-corrected chi connectivity index (χ4v) is 2.16. The molecule has 0 heterocycles. The van der Waals surface area contributed by atoms with Crippen LogP contribution in [0.4, 0.5) is 0 Å². The number of Topliss-reactive ketones (excluding diaryl/α,β-unsaturated/α-hetero) is 1. The van der Waals surface area contributed by atoms with Gasteiger partial charge in [0.15, 0.2) is 5.78 Å².